The normalized spacial score (nSPS) is 18.9. The second-order valence-corrected chi connectivity index (χ2v) is 13.4. The average Bonchev–Trinajstić information content (AvgIpc) is 3.69. The maximum absolute atomic E-state index is 14.7. The molecule has 7 rings (SSSR count). The fourth-order valence-electron chi connectivity index (χ4n) is 8.11. The zero-order chi connectivity index (χ0) is 33.4. The van der Waals surface area contributed by atoms with E-state index in [2.05, 4.69) is 28.5 Å². The summed E-state index contributed by atoms with van der Waals surface area (Å²) in [7, 11) is 0. The molecule has 4 heterocycles. The molecule has 48 heavy (non-hydrogen) atoms. The standard InChI is InChI=1S/C38H36ClFN6O2/c1-2-33(47)46-21-20-44(23-27(46)12-16-41)36-29-10-8-26(28-7-3-6-25-9-11-31(40)35(39)34(25)28)22-32(29)43-37(30(36)13-17-42)48-24-38-14-4-18-45(38)19-5-15-38/h2-3,6-11,22,27H,1,4-5,12-15,18-21,23-24H2/t27-/m0/s1. The molecule has 1 aromatic heterocycles. The Labute approximate surface area is 284 Å². The van der Waals surface area contributed by atoms with Gasteiger partial charge in [0.15, 0.2) is 0 Å². The Morgan fingerprint density at radius 1 is 1.10 bits per heavy atom. The topological polar surface area (TPSA) is 96.5 Å². The van der Waals surface area contributed by atoms with Crippen LogP contribution in [0.15, 0.2) is 61.2 Å². The van der Waals surface area contributed by atoms with Gasteiger partial charge in [-0.3, -0.25) is 9.69 Å². The summed E-state index contributed by atoms with van der Waals surface area (Å²) in [5.41, 5.74) is 3.76. The lowest BCUT2D eigenvalue weighted by atomic mass is 9.95. The Kier molecular flexibility index (Phi) is 8.68. The van der Waals surface area contributed by atoms with Crippen molar-refractivity contribution < 1.29 is 13.9 Å². The Morgan fingerprint density at radius 2 is 1.92 bits per heavy atom. The number of nitrogens with zero attached hydrogens (tertiary/aromatic N) is 6. The van der Waals surface area contributed by atoms with Crippen molar-refractivity contribution in [3.63, 3.8) is 0 Å². The van der Waals surface area contributed by atoms with Crippen LogP contribution in [0.25, 0.3) is 32.8 Å². The summed E-state index contributed by atoms with van der Waals surface area (Å²) in [6, 6.07) is 19.0. The fourth-order valence-corrected chi connectivity index (χ4v) is 8.39. The zero-order valence-electron chi connectivity index (χ0n) is 26.7. The third kappa shape index (κ3) is 5.51. The summed E-state index contributed by atoms with van der Waals surface area (Å²) in [4.78, 5) is 24.2. The van der Waals surface area contributed by atoms with Gasteiger partial charge in [0.05, 0.1) is 58.4 Å². The maximum atomic E-state index is 14.7. The maximum Gasteiger partial charge on any atom is 0.246 e. The molecule has 3 aromatic carbocycles. The molecule has 0 radical (unpaired) electrons. The van der Waals surface area contributed by atoms with Gasteiger partial charge < -0.3 is 14.5 Å². The number of hydrogen-bond donors (Lipinski definition) is 0. The molecule has 0 aliphatic carbocycles. The number of anilines is 1. The molecule has 0 N–H and O–H groups in total. The van der Waals surface area contributed by atoms with E-state index in [1.807, 2.05) is 36.4 Å². The monoisotopic (exact) mass is 662 g/mol. The van der Waals surface area contributed by atoms with Crippen molar-refractivity contribution in [1.29, 1.82) is 10.5 Å². The lowest BCUT2D eigenvalue weighted by molar-refractivity contribution is -0.128. The van der Waals surface area contributed by atoms with Crippen molar-refractivity contribution in [3.05, 3.63) is 77.6 Å². The first kappa shape index (κ1) is 31.9. The number of aromatic nitrogens is 1. The van der Waals surface area contributed by atoms with Crippen LogP contribution in [0.1, 0.15) is 37.7 Å². The molecule has 244 valence electrons. The minimum absolute atomic E-state index is 0.0269. The Balaban J connectivity index is 1.38. The van der Waals surface area contributed by atoms with Gasteiger partial charge >= 0.3 is 0 Å². The van der Waals surface area contributed by atoms with Gasteiger partial charge in [0.25, 0.3) is 0 Å². The fraction of sp³-hybridized carbons (Fsp3) is 0.368. The Bertz CT molecular complexity index is 2010. The number of fused-ring (bicyclic) bond motifs is 3. The molecule has 4 aromatic rings. The number of rotatable bonds is 8. The molecule has 8 nitrogen and oxygen atoms in total. The van der Waals surface area contributed by atoms with Crippen molar-refractivity contribution in [2.75, 3.05) is 44.2 Å². The van der Waals surface area contributed by atoms with Crippen LogP contribution in [0, 0.1) is 28.5 Å². The van der Waals surface area contributed by atoms with E-state index in [1.165, 1.54) is 12.1 Å². The van der Waals surface area contributed by atoms with Gasteiger partial charge in [0, 0.05) is 30.4 Å². The number of amides is 1. The van der Waals surface area contributed by atoms with Crippen LogP contribution < -0.4 is 9.64 Å². The smallest absolute Gasteiger partial charge is 0.246 e. The van der Waals surface area contributed by atoms with Gasteiger partial charge in [-0.15, -0.1) is 0 Å². The summed E-state index contributed by atoms with van der Waals surface area (Å²) >= 11 is 6.53. The van der Waals surface area contributed by atoms with Gasteiger partial charge in [-0.1, -0.05) is 54.6 Å². The van der Waals surface area contributed by atoms with E-state index in [4.69, 9.17) is 21.3 Å². The Hall–Kier alpha value is -4.70. The molecule has 3 saturated heterocycles. The summed E-state index contributed by atoms with van der Waals surface area (Å²) < 4.78 is 21.4. The summed E-state index contributed by atoms with van der Waals surface area (Å²) in [6.45, 7) is 7.58. The van der Waals surface area contributed by atoms with Crippen molar-refractivity contribution in [2.45, 2.75) is 50.1 Å². The number of benzene rings is 3. The number of ether oxygens (including phenoxy) is 1. The largest absolute Gasteiger partial charge is 0.475 e. The molecule has 0 bridgehead atoms. The summed E-state index contributed by atoms with van der Waals surface area (Å²) in [5.74, 6) is -0.266. The molecule has 1 amide bonds. The van der Waals surface area contributed by atoms with Crippen molar-refractivity contribution in [3.8, 4) is 29.1 Å². The molecule has 1 atom stereocenters. The van der Waals surface area contributed by atoms with Crippen molar-refractivity contribution in [2.24, 2.45) is 0 Å². The second kappa shape index (κ2) is 13.1. The quantitative estimate of drug-likeness (QED) is 0.187. The minimum atomic E-state index is -0.483. The van der Waals surface area contributed by atoms with Crippen LogP contribution in [-0.2, 0) is 11.2 Å². The van der Waals surface area contributed by atoms with Crippen molar-refractivity contribution >= 4 is 44.9 Å². The highest BCUT2D eigenvalue weighted by Gasteiger charge is 2.45. The number of nitriles is 2. The SMILES string of the molecule is C=CC(=O)N1CCN(c2c(CC#N)c(OCC34CCCN3CCC4)nc3cc(-c4cccc5ccc(F)c(Cl)c45)ccc23)C[C@@H]1CC#N. The third-order valence-electron chi connectivity index (χ3n) is 10.4. The molecule has 10 heteroatoms. The zero-order valence-corrected chi connectivity index (χ0v) is 27.5. The van der Waals surface area contributed by atoms with E-state index in [9.17, 15) is 19.7 Å². The molecule has 0 spiro atoms. The van der Waals surface area contributed by atoms with E-state index in [-0.39, 0.29) is 35.4 Å². The number of carbonyl (C=O) groups is 1. The van der Waals surface area contributed by atoms with E-state index in [0.29, 0.717) is 48.6 Å². The number of halogens is 2. The minimum Gasteiger partial charge on any atom is -0.475 e. The van der Waals surface area contributed by atoms with Gasteiger partial charge in [0.1, 0.15) is 12.4 Å². The van der Waals surface area contributed by atoms with E-state index >= 15 is 0 Å². The highest BCUT2D eigenvalue weighted by Crippen LogP contribution is 2.43. The molecule has 0 unspecified atom stereocenters. The van der Waals surface area contributed by atoms with Gasteiger partial charge in [-0.25, -0.2) is 9.37 Å². The van der Waals surface area contributed by atoms with Crippen LogP contribution in [0.3, 0.4) is 0 Å². The van der Waals surface area contributed by atoms with Crippen molar-refractivity contribution in [1.82, 2.24) is 14.8 Å². The predicted octanol–water partition coefficient (Wildman–Crippen LogP) is 7.04. The average molecular weight is 663 g/mol. The molecule has 0 saturated carbocycles. The van der Waals surface area contributed by atoms with Gasteiger partial charge in [-0.2, -0.15) is 10.5 Å². The van der Waals surface area contributed by atoms with Crippen LogP contribution in [0.4, 0.5) is 10.1 Å². The molecular weight excluding hydrogens is 627 g/mol. The number of pyridine rings is 1. The lowest BCUT2D eigenvalue weighted by Crippen LogP contribution is -2.55. The van der Waals surface area contributed by atoms with Gasteiger partial charge in [0.2, 0.25) is 11.8 Å². The lowest BCUT2D eigenvalue weighted by Gasteiger charge is -2.42. The first-order valence-electron chi connectivity index (χ1n) is 16.5. The number of hydrogen-bond acceptors (Lipinski definition) is 7. The number of carbonyl (C=O) groups excluding carboxylic acids is 1. The number of piperazine rings is 1. The van der Waals surface area contributed by atoms with E-state index < -0.39 is 5.82 Å². The summed E-state index contributed by atoms with van der Waals surface area (Å²) in [5, 5.41) is 22.1. The predicted molar refractivity (Wildman–Crippen MR) is 185 cm³/mol. The van der Waals surface area contributed by atoms with Crippen LogP contribution in [0.2, 0.25) is 5.02 Å². The first-order chi connectivity index (χ1) is 23.4. The summed E-state index contributed by atoms with van der Waals surface area (Å²) in [6.07, 6.45) is 5.94. The second-order valence-electron chi connectivity index (χ2n) is 13.0. The molecular formula is C38H36ClFN6O2. The molecule has 3 aliphatic heterocycles. The highest BCUT2D eigenvalue weighted by molar-refractivity contribution is 6.37. The van der Waals surface area contributed by atoms with E-state index in [1.54, 1.807) is 11.0 Å². The first-order valence-corrected chi connectivity index (χ1v) is 16.9. The van der Waals surface area contributed by atoms with Gasteiger partial charge in [-0.05, 0) is 73.5 Å². The molecule has 3 aliphatic rings. The van der Waals surface area contributed by atoms with E-state index in [0.717, 1.165) is 66.4 Å². The molecule has 3 fully saturated rings. The van der Waals surface area contributed by atoms with Crippen LogP contribution in [-0.4, -0.2) is 71.6 Å². The van der Waals surface area contributed by atoms with Crippen LogP contribution in [0.5, 0.6) is 5.88 Å². The highest BCUT2D eigenvalue weighted by atomic mass is 35.5. The third-order valence-corrected chi connectivity index (χ3v) is 10.8. The van der Waals surface area contributed by atoms with Crippen LogP contribution >= 0.6 is 11.6 Å². The Morgan fingerprint density at radius 3 is 2.67 bits per heavy atom.